The first kappa shape index (κ1) is 34.9. The van der Waals surface area contributed by atoms with Gasteiger partial charge in [-0.3, -0.25) is 9.69 Å². The van der Waals surface area contributed by atoms with Crippen molar-refractivity contribution < 1.29 is 14.3 Å². The predicted molar refractivity (Wildman–Crippen MR) is 186 cm³/mol. The molecule has 4 aromatic rings. The molecule has 1 aliphatic rings. The molecule has 2 heterocycles. The number of rotatable bonds is 10. The van der Waals surface area contributed by atoms with Crippen LogP contribution in [-0.4, -0.2) is 53.5 Å². The third kappa shape index (κ3) is 10.0. The number of hydrogen-bond donors (Lipinski definition) is 0. The van der Waals surface area contributed by atoms with Crippen LogP contribution >= 0.6 is 58.8 Å². The molecule has 0 atom stereocenters. The molecule has 6 nitrogen and oxygen atoms in total. The summed E-state index contributed by atoms with van der Waals surface area (Å²) in [6, 6.07) is 20.6. The van der Waals surface area contributed by atoms with Gasteiger partial charge in [-0.25, -0.2) is 4.98 Å². The summed E-state index contributed by atoms with van der Waals surface area (Å²) < 4.78 is 11.8. The van der Waals surface area contributed by atoms with E-state index in [1.165, 1.54) is 5.56 Å². The third-order valence-corrected chi connectivity index (χ3v) is 8.50. The Balaban J connectivity index is 0.00000461. The predicted octanol–water partition coefficient (Wildman–Crippen LogP) is 9.20. The fourth-order valence-electron chi connectivity index (χ4n) is 4.83. The van der Waals surface area contributed by atoms with Crippen LogP contribution in [0.25, 0.3) is 6.08 Å². The van der Waals surface area contributed by atoms with Gasteiger partial charge in [-0.05, 0) is 77.7 Å². The number of hydrogen-bond acceptors (Lipinski definition) is 5. The number of piperazine rings is 1. The van der Waals surface area contributed by atoms with Gasteiger partial charge in [0.1, 0.15) is 5.75 Å². The highest BCUT2D eigenvalue weighted by molar-refractivity contribution is 6.42. The number of carbonyl (C=O) groups excluding carboxylic acids is 1. The largest absolute Gasteiger partial charge is 0.492 e. The molecule has 0 radical (unpaired) electrons. The second-order valence-electron chi connectivity index (χ2n) is 10.5. The maximum atomic E-state index is 12.9. The van der Waals surface area contributed by atoms with E-state index in [2.05, 4.69) is 9.88 Å². The molecule has 1 aliphatic heterocycles. The zero-order chi connectivity index (χ0) is 31.1. The quantitative estimate of drug-likeness (QED) is 0.154. The minimum atomic E-state index is -0.0197. The van der Waals surface area contributed by atoms with E-state index in [4.69, 9.17) is 55.9 Å². The van der Waals surface area contributed by atoms with Crippen LogP contribution in [0.2, 0.25) is 20.1 Å². The molecule has 0 unspecified atom stereocenters. The van der Waals surface area contributed by atoms with E-state index in [1.54, 1.807) is 42.6 Å². The Bertz CT molecular complexity index is 1600. The Labute approximate surface area is 289 Å². The number of aromatic nitrogens is 1. The number of pyridine rings is 1. The molecular weight excluding hydrogens is 676 g/mol. The first-order chi connectivity index (χ1) is 21.2. The molecule has 0 N–H and O–H groups in total. The summed E-state index contributed by atoms with van der Waals surface area (Å²) in [6.07, 6.45) is 5.67. The average molecular weight is 708 g/mol. The van der Waals surface area contributed by atoms with E-state index in [-0.39, 0.29) is 18.3 Å². The molecule has 45 heavy (non-hydrogen) atoms. The van der Waals surface area contributed by atoms with Crippen molar-refractivity contribution in [1.29, 1.82) is 0 Å². The minimum absolute atomic E-state index is 0. The molecule has 5 rings (SSSR count). The molecule has 0 saturated carbocycles. The molecule has 11 heteroatoms. The molecule has 1 fully saturated rings. The number of ether oxygens (including phenoxy) is 2. The minimum Gasteiger partial charge on any atom is -0.492 e. The number of amides is 1. The Morgan fingerprint density at radius 3 is 2.27 bits per heavy atom. The van der Waals surface area contributed by atoms with E-state index in [1.807, 2.05) is 54.3 Å². The van der Waals surface area contributed by atoms with Crippen LogP contribution in [0.15, 0.2) is 79.0 Å². The highest BCUT2D eigenvalue weighted by atomic mass is 35.5. The number of benzene rings is 3. The van der Waals surface area contributed by atoms with Crippen LogP contribution in [0.5, 0.6) is 17.4 Å². The van der Waals surface area contributed by atoms with Crippen LogP contribution in [0.1, 0.15) is 22.3 Å². The van der Waals surface area contributed by atoms with Gasteiger partial charge in [-0.2, -0.15) is 0 Å². The molecule has 1 amide bonds. The summed E-state index contributed by atoms with van der Waals surface area (Å²) in [7, 11) is 0. The maximum absolute atomic E-state index is 12.9. The molecule has 1 aromatic heterocycles. The Morgan fingerprint density at radius 1 is 0.867 bits per heavy atom. The zero-order valence-corrected chi connectivity index (χ0v) is 28.4. The molecule has 236 valence electrons. The van der Waals surface area contributed by atoms with Crippen LogP contribution in [0.3, 0.4) is 0 Å². The number of halogens is 5. The molecular formula is C34H32Cl5N3O3. The van der Waals surface area contributed by atoms with Crippen molar-refractivity contribution in [1.82, 2.24) is 14.8 Å². The van der Waals surface area contributed by atoms with E-state index in [0.29, 0.717) is 58.6 Å². The average Bonchev–Trinajstić information content (AvgIpc) is 3.02. The summed E-state index contributed by atoms with van der Waals surface area (Å²) in [5, 5.41) is 2.21. The zero-order valence-electron chi connectivity index (χ0n) is 24.5. The highest BCUT2D eigenvalue weighted by Crippen LogP contribution is 2.34. The summed E-state index contributed by atoms with van der Waals surface area (Å²) in [4.78, 5) is 21.4. The maximum Gasteiger partial charge on any atom is 0.246 e. The summed E-state index contributed by atoms with van der Waals surface area (Å²) >= 11 is 24.6. The molecule has 0 bridgehead atoms. The lowest BCUT2D eigenvalue weighted by Gasteiger charge is -2.34. The van der Waals surface area contributed by atoms with Gasteiger partial charge in [-0.1, -0.05) is 64.6 Å². The number of aryl methyl sites for hydroxylation is 1. The van der Waals surface area contributed by atoms with Gasteiger partial charge in [0, 0.05) is 56.3 Å². The van der Waals surface area contributed by atoms with Crippen LogP contribution < -0.4 is 9.47 Å². The van der Waals surface area contributed by atoms with E-state index >= 15 is 0 Å². The highest BCUT2D eigenvalue weighted by Gasteiger charge is 2.20. The van der Waals surface area contributed by atoms with Crippen LogP contribution in [-0.2, 0) is 17.8 Å². The van der Waals surface area contributed by atoms with Gasteiger partial charge in [0.05, 0.1) is 27.9 Å². The summed E-state index contributed by atoms with van der Waals surface area (Å²) in [5.74, 6) is 1.50. The molecule has 0 spiro atoms. The monoisotopic (exact) mass is 705 g/mol. The first-order valence-electron chi connectivity index (χ1n) is 14.2. The molecule has 3 aromatic carbocycles. The van der Waals surface area contributed by atoms with Gasteiger partial charge in [0.15, 0.2) is 5.75 Å². The van der Waals surface area contributed by atoms with E-state index in [0.717, 1.165) is 41.3 Å². The van der Waals surface area contributed by atoms with Gasteiger partial charge < -0.3 is 14.4 Å². The van der Waals surface area contributed by atoms with Crippen molar-refractivity contribution in [3.05, 3.63) is 121 Å². The Morgan fingerprint density at radius 2 is 1.60 bits per heavy atom. The van der Waals surface area contributed by atoms with Gasteiger partial charge in [0.2, 0.25) is 11.8 Å². The summed E-state index contributed by atoms with van der Waals surface area (Å²) in [6.45, 7) is 6.20. The summed E-state index contributed by atoms with van der Waals surface area (Å²) in [5.41, 5.74) is 3.88. The second-order valence-corrected chi connectivity index (χ2v) is 12.1. The van der Waals surface area contributed by atoms with Crippen molar-refractivity contribution in [2.75, 3.05) is 32.8 Å². The Kier molecular flexibility index (Phi) is 12.8. The van der Waals surface area contributed by atoms with E-state index in [9.17, 15) is 4.79 Å². The van der Waals surface area contributed by atoms with Crippen LogP contribution in [0.4, 0.5) is 0 Å². The fraction of sp³-hybridized carbons (Fsp3) is 0.235. The first-order valence-corrected chi connectivity index (χ1v) is 15.7. The topological polar surface area (TPSA) is 54.9 Å². The number of nitrogens with zero attached hydrogens (tertiary/aromatic N) is 3. The molecule has 0 aliphatic carbocycles. The lowest BCUT2D eigenvalue weighted by molar-refractivity contribution is -0.127. The van der Waals surface area contributed by atoms with Gasteiger partial charge in [-0.15, -0.1) is 12.4 Å². The smallest absolute Gasteiger partial charge is 0.246 e. The fourth-order valence-corrected chi connectivity index (χ4v) is 5.59. The number of carbonyl (C=O) groups is 1. The van der Waals surface area contributed by atoms with Crippen molar-refractivity contribution in [2.45, 2.75) is 19.9 Å². The lowest BCUT2D eigenvalue weighted by Crippen LogP contribution is -2.47. The van der Waals surface area contributed by atoms with Gasteiger partial charge in [0.25, 0.3) is 0 Å². The lowest BCUT2D eigenvalue weighted by atomic mass is 10.1. The third-order valence-electron chi connectivity index (χ3n) is 7.23. The SMILES string of the molecule is Cc1cc(/C=C/C(=O)N2CCN(Cc3ccc(Cl)cc3)CC2)cc(Cl)c1Oc1ccc(OCCc2ccc(Cl)c(Cl)c2)cn1.Cl. The van der Waals surface area contributed by atoms with Crippen molar-refractivity contribution in [3.63, 3.8) is 0 Å². The van der Waals surface area contributed by atoms with Crippen molar-refractivity contribution >= 4 is 70.8 Å². The van der Waals surface area contributed by atoms with Crippen LogP contribution in [0, 0.1) is 6.92 Å². The van der Waals surface area contributed by atoms with Crippen molar-refractivity contribution in [3.8, 4) is 17.4 Å². The molecule has 1 saturated heterocycles. The second kappa shape index (κ2) is 16.5. The van der Waals surface area contributed by atoms with Gasteiger partial charge >= 0.3 is 0 Å². The standard InChI is InChI=1S/C34H31Cl4N3O3.ClH/c1-23-18-26(5-11-33(42)41-15-13-40(14-16-41)22-25-2-6-27(35)7-3-25)20-31(38)34(23)44-32-10-8-28(21-39-32)43-17-12-24-4-9-29(36)30(37)19-24;/h2-11,18-21H,12-17,22H2,1H3;1H/b11-5+;. The van der Waals surface area contributed by atoms with Crippen molar-refractivity contribution in [2.24, 2.45) is 0 Å². The normalized spacial score (nSPS) is 13.5. The Hall–Kier alpha value is -2.97. The van der Waals surface area contributed by atoms with E-state index < -0.39 is 0 Å².